The molecule has 0 saturated carbocycles. The van der Waals surface area contributed by atoms with Crippen LogP contribution in [-0.4, -0.2) is 14.8 Å². The van der Waals surface area contributed by atoms with Crippen molar-refractivity contribution in [1.29, 1.82) is 0 Å². The maximum atomic E-state index is 10.3. The van der Waals surface area contributed by atoms with E-state index in [-0.39, 0.29) is 0 Å². The standard InChI is InChI=1S/C7H6NO3P/c9-12(10,11)6-4-7-3-1-2-5-8-7/h1-3,5H,(H2,9,10,11). The zero-order chi connectivity index (χ0) is 9.03. The first-order valence-corrected chi connectivity index (χ1v) is 4.69. The van der Waals surface area contributed by atoms with Crippen molar-refractivity contribution in [1.82, 2.24) is 4.98 Å². The first-order valence-electron chi connectivity index (χ1n) is 3.08. The van der Waals surface area contributed by atoms with E-state index in [0.717, 1.165) is 0 Å². The summed E-state index contributed by atoms with van der Waals surface area (Å²) in [5.41, 5.74) is 2.14. The molecule has 0 radical (unpaired) electrons. The van der Waals surface area contributed by atoms with Gasteiger partial charge >= 0.3 is 7.60 Å². The lowest BCUT2D eigenvalue weighted by Crippen LogP contribution is -1.78. The Kier molecular flexibility index (Phi) is 2.61. The zero-order valence-electron chi connectivity index (χ0n) is 6.01. The molecule has 62 valence electrons. The van der Waals surface area contributed by atoms with Crippen LogP contribution in [0.1, 0.15) is 5.69 Å². The molecule has 5 heteroatoms. The summed E-state index contributed by atoms with van der Waals surface area (Å²) >= 11 is 0. The van der Waals surface area contributed by atoms with E-state index < -0.39 is 7.60 Å². The molecular formula is C7H6NO3P. The zero-order valence-corrected chi connectivity index (χ0v) is 6.90. The van der Waals surface area contributed by atoms with Crippen LogP contribution < -0.4 is 0 Å². The summed E-state index contributed by atoms with van der Waals surface area (Å²) in [5.74, 6) is 2.26. The third kappa shape index (κ3) is 3.31. The quantitative estimate of drug-likeness (QED) is 0.455. The molecule has 0 aliphatic carbocycles. The van der Waals surface area contributed by atoms with Crippen LogP contribution in [0.5, 0.6) is 0 Å². The normalized spacial score (nSPS) is 10.2. The molecule has 4 nitrogen and oxygen atoms in total. The maximum absolute atomic E-state index is 10.3. The summed E-state index contributed by atoms with van der Waals surface area (Å²) in [6.45, 7) is 0. The van der Waals surface area contributed by atoms with Crippen molar-refractivity contribution in [2.45, 2.75) is 0 Å². The van der Waals surface area contributed by atoms with Gasteiger partial charge in [-0.05, 0) is 18.1 Å². The van der Waals surface area contributed by atoms with E-state index in [1.54, 1.807) is 23.9 Å². The molecule has 0 aliphatic rings. The van der Waals surface area contributed by atoms with Crippen LogP contribution in [0.4, 0.5) is 0 Å². The van der Waals surface area contributed by atoms with Crippen molar-refractivity contribution in [3.05, 3.63) is 30.1 Å². The SMILES string of the molecule is O=P(O)(O)C#Cc1ccccn1. The van der Waals surface area contributed by atoms with E-state index in [1.807, 2.05) is 0 Å². The minimum absolute atomic E-state index is 0.348. The molecule has 0 fully saturated rings. The molecule has 0 amide bonds. The van der Waals surface area contributed by atoms with E-state index in [2.05, 4.69) is 10.9 Å². The van der Waals surface area contributed by atoms with Gasteiger partial charge in [0, 0.05) is 11.9 Å². The molecule has 0 spiro atoms. The predicted octanol–water partition coefficient (Wildman–Crippen LogP) is 0.568. The number of rotatable bonds is 0. The van der Waals surface area contributed by atoms with Crippen LogP contribution in [0.3, 0.4) is 0 Å². The molecule has 2 N–H and O–H groups in total. The van der Waals surface area contributed by atoms with Crippen LogP contribution in [-0.2, 0) is 4.57 Å². The fourth-order valence-electron chi connectivity index (χ4n) is 0.567. The van der Waals surface area contributed by atoms with Crippen LogP contribution >= 0.6 is 7.60 Å². The summed E-state index contributed by atoms with van der Waals surface area (Å²) in [6, 6.07) is 4.96. The summed E-state index contributed by atoms with van der Waals surface area (Å²) in [7, 11) is -4.23. The fourth-order valence-corrected chi connectivity index (χ4v) is 0.827. The second-order valence-corrected chi connectivity index (χ2v) is 3.31. The van der Waals surface area contributed by atoms with Gasteiger partial charge in [0.25, 0.3) is 0 Å². The van der Waals surface area contributed by atoms with Gasteiger partial charge < -0.3 is 9.79 Å². The molecule has 0 aromatic carbocycles. The minimum atomic E-state index is -4.23. The molecular weight excluding hydrogens is 177 g/mol. The van der Waals surface area contributed by atoms with Gasteiger partial charge in [0.1, 0.15) is 5.69 Å². The average molecular weight is 183 g/mol. The molecule has 0 aliphatic heterocycles. The highest BCUT2D eigenvalue weighted by atomic mass is 31.2. The van der Waals surface area contributed by atoms with E-state index in [4.69, 9.17) is 9.79 Å². The summed E-state index contributed by atoms with van der Waals surface area (Å²) in [4.78, 5) is 20.5. The lowest BCUT2D eigenvalue weighted by Gasteiger charge is -1.88. The Labute approximate surface area is 69.4 Å². The van der Waals surface area contributed by atoms with Gasteiger partial charge in [-0.2, -0.15) is 0 Å². The van der Waals surface area contributed by atoms with Crippen LogP contribution in [0.15, 0.2) is 24.4 Å². The van der Waals surface area contributed by atoms with Crippen molar-refractivity contribution in [3.8, 4) is 11.6 Å². The number of aromatic nitrogens is 1. The summed E-state index contributed by atoms with van der Waals surface area (Å²) < 4.78 is 10.3. The number of nitrogens with zero attached hydrogens (tertiary/aromatic N) is 1. The topological polar surface area (TPSA) is 70.4 Å². The van der Waals surface area contributed by atoms with Gasteiger partial charge in [-0.15, -0.1) is 0 Å². The van der Waals surface area contributed by atoms with E-state index >= 15 is 0 Å². The summed E-state index contributed by atoms with van der Waals surface area (Å²) in [6.07, 6.45) is 1.50. The van der Waals surface area contributed by atoms with Crippen LogP contribution in [0.2, 0.25) is 0 Å². The van der Waals surface area contributed by atoms with Gasteiger partial charge in [-0.1, -0.05) is 6.07 Å². The molecule has 0 saturated heterocycles. The Morgan fingerprint density at radius 3 is 2.67 bits per heavy atom. The Morgan fingerprint density at radius 1 is 1.42 bits per heavy atom. The second-order valence-electron chi connectivity index (χ2n) is 2.00. The van der Waals surface area contributed by atoms with Crippen molar-refractivity contribution in [3.63, 3.8) is 0 Å². The molecule has 0 unspecified atom stereocenters. The van der Waals surface area contributed by atoms with Crippen molar-refractivity contribution in [2.24, 2.45) is 0 Å². The first kappa shape index (κ1) is 8.95. The number of hydrogen-bond donors (Lipinski definition) is 2. The van der Waals surface area contributed by atoms with E-state index in [1.165, 1.54) is 6.20 Å². The number of pyridine rings is 1. The van der Waals surface area contributed by atoms with Crippen molar-refractivity contribution < 1.29 is 14.4 Å². The smallest absolute Gasteiger partial charge is 0.315 e. The van der Waals surface area contributed by atoms with Crippen LogP contribution in [0.25, 0.3) is 0 Å². The Bertz CT molecular complexity index is 359. The third-order valence-electron chi connectivity index (χ3n) is 0.995. The van der Waals surface area contributed by atoms with E-state index in [0.29, 0.717) is 5.69 Å². The molecule has 1 aromatic rings. The maximum Gasteiger partial charge on any atom is 0.400 e. The monoisotopic (exact) mass is 183 g/mol. The second kappa shape index (κ2) is 3.51. The first-order chi connectivity index (χ1) is 5.58. The largest absolute Gasteiger partial charge is 0.400 e. The van der Waals surface area contributed by atoms with Crippen molar-refractivity contribution in [2.75, 3.05) is 0 Å². The lowest BCUT2D eigenvalue weighted by atomic mass is 10.4. The highest BCUT2D eigenvalue weighted by Crippen LogP contribution is 2.31. The fraction of sp³-hybridized carbons (Fsp3) is 0. The average Bonchev–Trinajstić information content (AvgIpc) is 2.02. The summed E-state index contributed by atoms with van der Waals surface area (Å²) in [5, 5.41) is 0. The third-order valence-corrected chi connectivity index (χ3v) is 1.40. The highest BCUT2D eigenvalue weighted by Gasteiger charge is 2.05. The van der Waals surface area contributed by atoms with Gasteiger partial charge in [0.2, 0.25) is 0 Å². The predicted molar refractivity (Wildman–Crippen MR) is 43.2 cm³/mol. The van der Waals surface area contributed by atoms with Gasteiger partial charge in [0.15, 0.2) is 0 Å². The minimum Gasteiger partial charge on any atom is -0.315 e. The van der Waals surface area contributed by atoms with Gasteiger partial charge in [-0.3, -0.25) is 0 Å². The van der Waals surface area contributed by atoms with Gasteiger partial charge in [0.05, 0.1) is 0 Å². The van der Waals surface area contributed by atoms with Crippen LogP contribution in [0, 0.1) is 11.6 Å². The Hall–Kier alpha value is -1.14. The molecule has 1 aromatic heterocycles. The molecule has 12 heavy (non-hydrogen) atoms. The van der Waals surface area contributed by atoms with Crippen molar-refractivity contribution >= 4 is 7.60 Å². The molecule has 0 atom stereocenters. The van der Waals surface area contributed by atoms with Gasteiger partial charge in [-0.25, -0.2) is 9.55 Å². The Morgan fingerprint density at radius 2 is 2.17 bits per heavy atom. The number of hydrogen-bond acceptors (Lipinski definition) is 2. The molecule has 1 rings (SSSR count). The molecule has 1 heterocycles. The molecule has 0 bridgehead atoms. The lowest BCUT2D eigenvalue weighted by molar-refractivity contribution is 0.388. The highest BCUT2D eigenvalue weighted by molar-refractivity contribution is 7.57. The van der Waals surface area contributed by atoms with E-state index in [9.17, 15) is 4.57 Å². The Balaban J connectivity index is 2.88.